The van der Waals surface area contributed by atoms with E-state index < -0.39 is 6.04 Å². The first kappa shape index (κ1) is 21.3. The molecule has 1 N–H and O–H groups in total. The molecule has 0 unspecified atom stereocenters. The lowest BCUT2D eigenvalue weighted by Crippen LogP contribution is -2.29. The topological polar surface area (TPSA) is 101 Å². The molecule has 1 aliphatic heterocycles. The van der Waals surface area contributed by atoms with Gasteiger partial charge in [-0.3, -0.25) is 14.1 Å². The molecule has 0 radical (unpaired) electrons. The molecule has 0 bridgehead atoms. The molecular formula is C25H20ClN7O2. The van der Waals surface area contributed by atoms with E-state index in [0.29, 0.717) is 33.7 Å². The van der Waals surface area contributed by atoms with Crippen LogP contribution in [-0.4, -0.2) is 42.6 Å². The number of aryl methyl sites for hydroxylation is 2. The summed E-state index contributed by atoms with van der Waals surface area (Å²) in [6.07, 6.45) is 3.53. The van der Waals surface area contributed by atoms with Gasteiger partial charge in [0.25, 0.3) is 5.91 Å². The van der Waals surface area contributed by atoms with Crippen LogP contribution in [0, 0.1) is 13.8 Å². The van der Waals surface area contributed by atoms with Gasteiger partial charge in [-0.05, 0) is 55.3 Å². The number of aromatic amines is 1. The number of H-pyrrole nitrogens is 1. The predicted octanol–water partition coefficient (Wildman–Crippen LogP) is 4.54. The van der Waals surface area contributed by atoms with Gasteiger partial charge >= 0.3 is 0 Å². The third-order valence-corrected chi connectivity index (χ3v) is 6.47. The number of hydrogen-bond donors (Lipinski definition) is 1. The molecule has 1 aromatic carbocycles. The zero-order valence-corrected chi connectivity index (χ0v) is 19.9. The monoisotopic (exact) mass is 485 g/mol. The van der Waals surface area contributed by atoms with Crippen molar-refractivity contribution in [2.24, 2.45) is 0 Å². The minimum absolute atomic E-state index is 0.213. The second-order valence-electron chi connectivity index (χ2n) is 8.36. The Morgan fingerprint density at radius 3 is 2.69 bits per heavy atom. The molecule has 174 valence electrons. The maximum absolute atomic E-state index is 13.8. The number of fused-ring (bicyclic) bond motifs is 2. The number of rotatable bonds is 4. The van der Waals surface area contributed by atoms with Crippen LogP contribution in [0.5, 0.6) is 5.88 Å². The summed E-state index contributed by atoms with van der Waals surface area (Å²) < 4.78 is 7.30. The number of carbonyl (C=O) groups excluding carboxylic acids is 1. The summed E-state index contributed by atoms with van der Waals surface area (Å²) in [5, 5.41) is 9.04. The van der Waals surface area contributed by atoms with Crippen molar-refractivity contribution in [1.82, 2.24) is 29.5 Å². The van der Waals surface area contributed by atoms with E-state index in [2.05, 4.69) is 25.1 Å². The molecule has 1 aliphatic rings. The molecule has 5 heterocycles. The van der Waals surface area contributed by atoms with E-state index in [1.165, 1.54) is 0 Å². The molecule has 0 spiro atoms. The number of amides is 1. The molecule has 6 rings (SSSR count). The van der Waals surface area contributed by atoms with Gasteiger partial charge in [-0.25, -0.2) is 9.97 Å². The van der Waals surface area contributed by atoms with E-state index in [9.17, 15) is 4.79 Å². The van der Waals surface area contributed by atoms with Crippen LogP contribution in [0.1, 0.15) is 39.2 Å². The van der Waals surface area contributed by atoms with Crippen LogP contribution in [-0.2, 0) is 0 Å². The molecular weight excluding hydrogens is 466 g/mol. The average molecular weight is 486 g/mol. The molecule has 0 fully saturated rings. The van der Waals surface area contributed by atoms with Crippen molar-refractivity contribution in [1.29, 1.82) is 0 Å². The summed E-state index contributed by atoms with van der Waals surface area (Å²) >= 11 is 6.17. The Hall–Kier alpha value is -4.24. The van der Waals surface area contributed by atoms with Crippen molar-refractivity contribution in [2.45, 2.75) is 19.9 Å². The molecule has 9 nitrogen and oxygen atoms in total. The van der Waals surface area contributed by atoms with Crippen LogP contribution in [0.15, 0.2) is 54.9 Å². The number of nitrogens with one attached hydrogen (secondary N) is 1. The third kappa shape index (κ3) is 3.27. The number of pyridine rings is 2. The average Bonchev–Trinajstić information content (AvgIpc) is 3.53. The van der Waals surface area contributed by atoms with Crippen LogP contribution < -0.4 is 9.64 Å². The van der Waals surface area contributed by atoms with E-state index in [0.717, 1.165) is 28.3 Å². The van der Waals surface area contributed by atoms with Crippen molar-refractivity contribution < 1.29 is 9.53 Å². The van der Waals surface area contributed by atoms with Gasteiger partial charge in [-0.2, -0.15) is 0 Å². The van der Waals surface area contributed by atoms with Crippen molar-refractivity contribution in [3.8, 4) is 17.3 Å². The van der Waals surface area contributed by atoms with E-state index in [4.69, 9.17) is 16.3 Å². The van der Waals surface area contributed by atoms with Gasteiger partial charge in [-0.1, -0.05) is 23.7 Å². The summed E-state index contributed by atoms with van der Waals surface area (Å²) in [6, 6.07) is 12.6. The number of nitrogens with zero attached hydrogens (tertiary/aromatic N) is 6. The van der Waals surface area contributed by atoms with Gasteiger partial charge in [0.05, 0.1) is 24.1 Å². The Morgan fingerprint density at radius 2 is 1.91 bits per heavy atom. The SMILES string of the molecule is COc1ncccc1-c1nc2c([nH]1)[C@H](c1ccc(Cl)cc1)N(c1cc(C)c3nnc(C)n3c1)C2=O. The van der Waals surface area contributed by atoms with Gasteiger partial charge in [0.15, 0.2) is 11.3 Å². The fourth-order valence-electron chi connectivity index (χ4n) is 4.58. The van der Waals surface area contributed by atoms with Crippen LogP contribution in [0.2, 0.25) is 5.02 Å². The van der Waals surface area contributed by atoms with E-state index in [1.54, 1.807) is 24.3 Å². The predicted molar refractivity (Wildman–Crippen MR) is 131 cm³/mol. The highest BCUT2D eigenvalue weighted by Crippen LogP contribution is 2.42. The van der Waals surface area contributed by atoms with Gasteiger partial charge in [-0.15, -0.1) is 10.2 Å². The van der Waals surface area contributed by atoms with Crippen molar-refractivity contribution >= 4 is 28.8 Å². The number of hydrogen-bond acceptors (Lipinski definition) is 6. The first-order valence-electron chi connectivity index (χ1n) is 11.0. The molecule has 0 saturated heterocycles. The number of ether oxygens (including phenoxy) is 1. The van der Waals surface area contributed by atoms with Gasteiger partial charge in [0, 0.05) is 17.4 Å². The second-order valence-corrected chi connectivity index (χ2v) is 8.80. The highest BCUT2D eigenvalue weighted by atomic mass is 35.5. The number of imidazole rings is 1. The normalized spacial score (nSPS) is 15.1. The molecule has 0 aliphatic carbocycles. The maximum Gasteiger partial charge on any atom is 0.279 e. The first-order valence-corrected chi connectivity index (χ1v) is 11.3. The van der Waals surface area contributed by atoms with Gasteiger partial charge < -0.3 is 9.72 Å². The Morgan fingerprint density at radius 1 is 1.11 bits per heavy atom. The van der Waals surface area contributed by atoms with Crippen LogP contribution >= 0.6 is 11.6 Å². The minimum atomic E-state index is -0.438. The number of methoxy groups -OCH3 is 1. The minimum Gasteiger partial charge on any atom is -0.480 e. The zero-order valence-electron chi connectivity index (χ0n) is 19.2. The van der Waals surface area contributed by atoms with Gasteiger partial charge in [0.2, 0.25) is 5.88 Å². The third-order valence-electron chi connectivity index (χ3n) is 6.21. The summed E-state index contributed by atoms with van der Waals surface area (Å²) in [5.41, 5.74) is 5.00. The molecule has 1 amide bonds. The Labute approximate surface area is 205 Å². The molecule has 0 saturated carbocycles. The van der Waals surface area contributed by atoms with Crippen molar-refractivity contribution in [3.63, 3.8) is 0 Å². The number of benzene rings is 1. The van der Waals surface area contributed by atoms with E-state index in [1.807, 2.05) is 60.8 Å². The van der Waals surface area contributed by atoms with Crippen LogP contribution in [0.25, 0.3) is 17.0 Å². The van der Waals surface area contributed by atoms with E-state index in [-0.39, 0.29) is 5.91 Å². The first-order chi connectivity index (χ1) is 17.0. The van der Waals surface area contributed by atoms with Crippen LogP contribution in [0.3, 0.4) is 0 Å². The summed E-state index contributed by atoms with van der Waals surface area (Å²) in [5.74, 6) is 1.47. The molecule has 1 atom stereocenters. The lowest BCUT2D eigenvalue weighted by atomic mass is 10.0. The van der Waals surface area contributed by atoms with Crippen molar-refractivity contribution in [2.75, 3.05) is 12.0 Å². The molecule has 5 aromatic rings. The summed E-state index contributed by atoms with van der Waals surface area (Å²) in [7, 11) is 1.55. The largest absolute Gasteiger partial charge is 0.480 e. The summed E-state index contributed by atoms with van der Waals surface area (Å²) in [4.78, 5) is 27.9. The highest BCUT2D eigenvalue weighted by Gasteiger charge is 2.42. The van der Waals surface area contributed by atoms with Crippen molar-refractivity contribution in [3.05, 3.63) is 88.2 Å². The standard InChI is InChI=1S/C25H20ClN7O2/c1-13-11-17(12-32-14(2)30-31-23(13)32)33-21(15-6-8-16(26)9-7-15)19-20(25(33)34)29-22(28-19)18-5-4-10-27-24(18)35-3/h4-12,21H,1-3H3,(H,28,29)/t21-/m0/s1. The number of anilines is 1. The quantitative estimate of drug-likeness (QED) is 0.401. The number of halogens is 1. The fraction of sp³-hybridized carbons (Fsp3) is 0.160. The molecule has 35 heavy (non-hydrogen) atoms. The van der Waals surface area contributed by atoms with Gasteiger partial charge in [0.1, 0.15) is 17.7 Å². The molecule has 4 aromatic heterocycles. The zero-order chi connectivity index (χ0) is 24.3. The smallest absolute Gasteiger partial charge is 0.279 e. The number of aromatic nitrogens is 6. The summed E-state index contributed by atoms with van der Waals surface area (Å²) in [6.45, 7) is 3.83. The lowest BCUT2D eigenvalue weighted by molar-refractivity contribution is 0.0989. The Balaban J connectivity index is 1.54. The fourth-order valence-corrected chi connectivity index (χ4v) is 4.70. The van der Waals surface area contributed by atoms with E-state index >= 15 is 0 Å². The highest BCUT2D eigenvalue weighted by molar-refractivity contribution is 6.30. The Bertz CT molecular complexity index is 1610. The van der Waals surface area contributed by atoms with Crippen LogP contribution in [0.4, 0.5) is 5.69 Å². The maximum atomic E-state index is 13.8. The second kappa shape index (κ2) is 7.92. The number of carbonyl (C=O) groups is 1. The Kier molecular flexibility index (Phi) is 4.82. The lowest BCUT2D eigenvalue weighted by Gasteiger charge is -2.26. The molecule has 10 heteroatoms.